The molecule has 0 radical (unpaired) electrons. The summed E-state index contributed by atoms with van der Waals surface area (Å²) in [5.41, 5.74) is 3.00. The lowest BCUT2D eigenvalue weighted by Crippen LogP contribution is -2.42. The fraction of sp³-hybridized carbons (Fsp3) is 0.333. The minimum absolute atomic E-state index is 0.0568. The molecule has 0 aromatic heterocycles. The molecule has 1 aliphatic heterocycles. The lowest BCUT2D eigenvalue weighted by molar-refractivity contribution is -0.125. The predicted octanol–water partition coefficient (Wildman–Crippen LogP) is 3.21. The molecule has 0 spiro atoms. The van der Waals surface area contributed by atoms with E-state index in [1.54, 1.807) is 4.90 Å². The van der Waals surface area contributed by atoms with Crippen molar-refractivity contribution in [1.82, 2.24) is 5.32 Å². The molecule has 0 aliphatic carbocycles. The minimum atomic E-state index is -0.115. The Hall–Kier alpha value is -2.82. The summed E-state index contributed by atoms with van der Waals surface area (Å²) in [6, 6.07) is 15.4. The average molecular weight is 352 g/mol. The Morgan fingerprint density at radius 1 is 1.12 bits per heavy atom. The number of anilines is 1. The van der Waals surface area contributed by atoms with Crippen molar-refractivity contribution in [1.29, 1.82) is 0 Å². The van der Waals surface area contributed by atoms with Crippen LogP contribution in [0.2, 0.25) is 0 Å². The van der Waals surface area contributed by atoms with Crippen LogP contribution < -0.4 is 15.0 Å². The molecule has 5 nitrogen and oxygen atoms in total. The maximum absolute atomic E-state index is 12.6. The summed E-state index contributed by atoms with van der Waals surface area (Å²) in [4.78, 5) is 26.5. The van der Waals surface area contributed by atoms with Gasteiger partial charge in [-0.2, -0.15) is 0 Å². The standard InChI is InChI=1S/C21H24N2O3/c1-15-7-3-4-8-17(15)13-22-20(24)11-12-21(25)23-14-16(2)26-19-10-6-5-9-18(19)23/h3-10,16H,11-14H2,1-2H3,(H,22,24)/t16-/m0/s1. The van der Waals surface area contributed by atoms with Gasteiger partial charge < -0.3 is 15.0 Å². The lowest BCUT2D eigenvalue weighted by atomic mass is 10.1. The van der Waals surface area contributed by atoms with Crippen LogP contribution >= 0.6 is 0 Å². The van der Waals surface area contributed by atoms with Crippen LogP contribution in [0, 0.1) is 6.92 Å². The minimum Gasteiger partial charge on any atom is -0.487 e. The summed E-state index contributed by atoms with van der Waals surface area (Å²) in [6.07, 6.45) is 0.294. The van der Waals surface area contributed by atoms with Crippen LogP contribution in [0.4, 0.5) is 5.69 Å². The van der Waals surface area contributed by atoms with Gasteiger partial charge in [-0.1, -0.05) is 36.4 Å². The third-order valence-corrected chi connectivity index (χ3v) is 4.53. The van der Waals surface area contributed by atoms with Gasteiger partial charge in [0, 0.05) is 19.4 Å². The molecule has 2 aromatic rings. The first-order chi connectivity index (χ1) is 12.5. The number of carbonyl (C=O) groups is 2. The smallest absolute Gasteiger partial charge is 0.227 e. The number of ether oxygens (including phenoxy) is 1. The molecule has 2 aromatic carbocycles. The van der Waals surface area contributed by atoms with Gasteiger partial charge in [-0.25, -0.2) is 0 Å². The van der Waals surface area contributed by atoms with Gasteiger partial charge in [0.1, 0.15) is 11.9 Å². The quantitative estimate of drug-likeness (QED) is 0.899. The number of nitrogens with zero attached hydrogens (tertiary/aromatic N) is 1. The molecule has 0 unspecified atom stereocenters. The zero-order valence-electron chi connectivity index (χ0n) is 15.2. The summed E-state index contributed by atoms with van der Waals surface area (Å²) < 4.78 is 5.76. The van der Waals surface area contributed by atoms with Gasteiger partial charge in [-0.05, 0) is 37.1 Å². The van der Waals surface area contributed by atoms with Crippen molar-refractivity contribution in [2.24, 2.45) is 0 Å². The molecule has 5 heteroatoms. The summed E-state index contributed by atoms with van der Waals surface area (Å²) in [6.45, 7) is 4.94. The lowest BCUT2D eigenvalue weighted by Gasteiger charge is -2.33. The molecule has 0 bridgehead atoms. The van der Waals surface area contributed by atoms with Crippen LogP contribution in [0.1, 0.15) is 30.9 Å². The van der Waals surface area contributed by atoms with Gasteiger partial charge in [-0.15, -0.1) is 0 Å². The first kappa shape index (κ1) is 18.0. The normalized spacial score (nSPS) is 15.8. The van der Waals surface area contributed by atoms with Crippen molar-refractivity contribution < 1.29 is 14.3 Å². The Bertz CT molecular complexity index is 803. The van der Waals surface area contributed by atoms with E-state index < -0.39 is 0 Å². The third kappa shape index (κ3) is 4.23. The van der Waals surface area contributed by atoms with E-state index in [9.17, 15) is 9.59 Å². The van der Waals surface area contributed by atoms with Crippen molar-refractivity contribution in [3.05, 3.63) is 59.7 Å². The molecule has 1 atom stereocenters. The second kappa shape index (κ2) is 8.04. The fourth-order valence-corrected chi connectivity index (χ4v) is 3.07. The van der Waals surface area contributed by atoms with E-state index in [0.717, 1.165) is 16.8 Å². The topological polar surface area (TPSA) is 58.6 Å². The number of amides is 2. The molecule has 1 heterocycles. The Morgan fingerprint density at radius 3 is 2.65 bits per heavy atom. The molecule has 0 saturated heterocycles. The van der Waals surface area contributed by atoms with E-state index in [2.05, 4.69) is 5.32 Å². The molecule has 0 saturated carbocycles. The molecule has 0 fully saturated rings. The Morgan fingerprint density at radius 2 is 1.85 bits per heavy atom. The Kier molecular flexibility index (Phi) is 5.56. The summed E-state index contributed by atoms with van der Waals surface area (Å²) in [5, 5.41) is 2.89. The molecular weight excluding hydrogens is 328 g/mol. The highest BCUT2D eigenvalue weighted by atomic mass is 16.5. The van der Waals surface area contributed by atoms with Crippen molar-refractivity contribution in [2.45, 2.75) is 39.3 Å². The number of nitrogens with one attached hydrogen (secondary N) is 1. The van der Waals surface area contributed by atoms with Crippen LogP contribution in [0.25, 0.3) is 0 Å². The largest absolute Gasteiger partial charge is 0.487 e. The first-order valence-electron chi connectivity index (χ1n) is 8.92. The number of carbonyl (C=O) groups excluding carboxylic acids is 2. The highest BCUT2D eigenvalue weighted by Crippen LogP contribution is 2.33. The van der Waals surface area contributed by atoms with Crippen LogP contribution in [0.3, 0.4) is 0 Å². The Balaban J connectivity index is 1.54. The van der Waals surface area contributed by atoms with Crippen LogP contribution in [-0.2, 0) is 16.1 Å². The van der Waals surface area contributed by atoms with Crippen molar-refractivity contribution in [3.63, 3.8) is 0 Å². The predicted molar refractivity (Wildman–Crippen MR) is 101 cm³/mol. The molecule has 26 heavy (non-hydrogen) atoms. The van der Waals surface area contributed by atoms with Gasteiger partial charge in [-0.3, -0.25) is 9.59 Å². The number of hydrogen-bond acceptors (Lipinski definition) is 3. The van der Waals surface area contributed by atoms with Crippen molar-refractivity contribution >= 4 is 17.5 Å². The van der Waals surface area contributed by atoms with Crippen molar-refractivity contribution in [3.8, 4) is 5.75 Å². The molecule has 3 rings (SSSR count). The maximum Gasteiger partial charge on any atom is 0.227 e. The highest BCUT2D eigenvalue weighted by molar-refractivity contribution is 5.97. The van der Waals surface area contributed by atoms with E-state index >= 15 is 0 Å². The average Bonchev–Trinajstić information content (AvgIpc) is 2.64. The monoisotopic (exact) mass is 352 g/mol. The third-order valence-electron chi connectivity index (χ3n) is 4.53. The molecule has 136 valence electrons. The van der Waals surface area contributed by atoms with E-state index in [1.807, 2.05) is 62.4 Å². The summed E-state index contributed by atoms with van der Waals surface area (Å²) >= 11 is 0. The number of hydrogen-bond donors (Lipinski definition) is 1. The van der Waals surface area contributed by atoms with Gasteiger partial charge in [0.25, 0.3) is 0 Å². The number of aryl methyl sites for hydroxylation is 1. The van der Waals surface area contributed by atoms with Gasteiger partial charge >= 0.3 is 0 Å². The number of benzene rings is 2. The van der Waals surface area contributed by atoms with Gasteiger partial charge in [0.15, 0.2) is 0 Å². The van der Waals surface area contributed by atoms with Gasteiger partial charge in [0.2, 0.25) is 11.8 Å². The maximum atomic E-state index is 12.6. The van der Waals surface area contributed by atoms with E-state index in [1.165, 1.54) is 0 Å². The number of fused-ring (bicyclic) bond motifs is 1. The van der Waals surface area contributed by atoms with Crippen LogP contribution in [0.15, 0.2) is 48.5 Å². The summed E-state index contributed by atoms with van der Waals surface area (Å²) in [5.74, 6) is 0.540. The molecular formula is C21H24N2O3. The van der Waals surface area contributed by atoms with Crippen LogP contribution in [-0.4, -0.2) is 24.5 Å². The first-order valence-corrected chi connectivity index (χ1v) is 8.92. The molecule has 2 amide bonds. The zero-order valence-corrected chi connectivity index (χ0v) is 15.2. The molecule has 1 N–H and O–H groups in total. The summed E-state index contributed by atoms with van der Waals surface area (Å²) in [7, 11) is 0. The fourth-order valence-electron chi connectivity index (χ4n) is 3.07. The second-order valence-electron chi connectivity index (χ2n) is 6.60. The van der Waals surface area contributed by atoms with E-state index in [4.69, 9.17) is 4.74 Å². The number of rotatable bonds is 5. The second-order valence-corrected chi connectivity index (χ2v) is 6.60. The highest BCUT2D eigenvalue weighted by Gasteiger charge is 2.27. The molecule has 1 aliphatic rings. The van der Waals surface area contributed by atoms with Crippen molar-refractivity contribution in [2.75, 3.05) is 11.4 Å². The SMILES string of the molecule is Cc1ccccc1CNC(=O)CCC(=O)N1C[C@H](C)Oc2ccccc21. The van der Waals surface area contributed by atoms with E-state index in [-0.39, 0.29) is 30.8 Å². The van der Waals surface area contributed by atoms with Gasteiger partial charge in [0.05, 0.1) is 12.2 Å². The van der Waals surface area contributed by atoms with E-state index in [0.29, 0.717) is 18.8 Å². The van der Waals surface area contributed by atoms with Crippen LogP contribution in [0.5, 0.6) is 5.75 Å². The Labute approximate surface area is 154 Å². The zero-order chi connectivity index (χ0) is 18.5. The number of para-hydroxylation sites is 2.